The van der Waals surface area contributed by atoms with Gasteiger partial charge < -0.3 is 15.4 Å². The first kappa shape index (κ1) is 20.8. The summed E-state index contributed by atoms with van der Waals surface area (Å²) in [5.74, 6) is -0.365. The van der Waals surface area contributed by atoms with Crippen molar-refractivity contribution in [2.45, 2.75) is 32.0 Å². The lowest BCUT2D eigenvalue weighted by Crippen LogP contribution is -2.56. The molecule has 2 N–H and O–H groups in total. The number of piperazine rings is 1. The van der Waals surface area contributed by atoms with Crippen LogP contribution in [0, 0.1) is 5.82 Å². The predicted molar refractivity (Wildman–Crippen MR) is 105 cm³/mol. The highest BCUT2D eigenvalue weighted by atomic mass is 19.1. The minimum atomic E-state index is -0.628. The summed E-state index contributed by atoms with van der Waals surface area (Å²) in [6, 6.07) is 5.87. The molecule has 0 aliphatic carbocycles. The summed E-state index contributed by atoms with van der Waals surface area (Å²) in [5, 5.41) is 9.74. The first-order valence-corrected chi connectivity index (χ1v) is 9.65. The molecular formula is C20H26FN5O3. The van der Waals surface area contributed by atoms with Crippen LogP contribution in [0.25, 0.3) is 0 Å². The molecule has 1 aliphatic heterocycles. The number of hydrogen-bond acceptors (Lipinski definition) is 5. The second kappa shape index (κ2) is 10.0. The average Bonchev–Trinajstić information content (AvgIpc) is 3.23. The minimum absolute atomic E-state index is 0.0331. The van der Waals surface area contributed by atoms with Gasteiger partial charge in [-0.05, 0) is 18.6 Å². The maximum absolute atomic E-state index is 14.3. The number of aryl methyl sites for hydroxylation is 1. The van der Waals surface area contributed by atoms with Gasteiger partial charge in [0, 0.05) is 56.7 Å². The van der Waals surface area contributed by atoms with E-state index in [1.807, 2.05) is 17.2 Å². The Hall–Kier alpha value is -2.94. The molecule has 0 saturated carbocycles. The number of methoxy groups -OCH3 is 1. The summed E-state index contributed by atoms with van der Waals surface area (Å²) in [7, 11) is 1.48. The van der Waals surface area contributed by atoms with E-state index < -0.39 is 11.9 Å². The van der Waals surface area contributed by atoms with Gasteiger partial charge in [0.1, 0.15) is 11.6 Å². The molecule has 3 rings (SSSR count). The summed E-state index contributed by atoms with van der Waals surface area (Å²) in [5.41, 5.74) is 0.463. The molecule has 1 aromatic carbocycles. The Kier molecular flexibility index (Phi) is 7.18. The van der Waals surface area contributed by atoms with Crippen LogP contribution < -0.4 is 15.4 Å². The smallest absolute Gasteiger partial charge is 0.237 e. The van der Waals surface area contributed by atoms with Crippen molar-refractivity contribution >= 4 is 11.8 Å². The van der Waals surface area contributed by atoms with Crippen LogP contribution in [0.15, 0.2) is 36.7 Å². The molecule has 1 aliphatic rings. The van der Waals surface area contributed by atoms with Gasteiger partial charge in [-0.2, -0.15) is 5.10 Å². The number of ether oxygens (including phenoxy) is 1. The zero-order chi connectivity index (χ0) is 20.6. The van der Waals surface area contributed by atoms with Crippen LogP contribution in [0.1, 0.15) is 18.4 Å². The number of halogens is 1. The minimum Gasteiger partial charge on any atom is -0.497 e. The maximum atomic E-state index is 14.3. The second-order valence-electron chi connectivity index (χ2n) is 6.91. The third kappa shape index (κ3) is 5.77. The fourth-order valence-corrected chi connectivity index (χ4v) is 3.32. The molecule has 1 fully saturated rings. The fraction of sp³-hybridized carbons (Fsp3) is 0.450. The molecule has 8 nitrogen and oxygen atoms in total. The number of rotatable bonds is 9. The lowest BCUT2D eigenvalue weighted by Gasteiger charge is -2.34. The van der Waals surface area contributed by atoms with Crippen molar-refractivity contribution in [3.05, 3.63) is 48.0 Å². The highest BCUT2D eigenvalue weighted by molar-refractivity contribution is 5.88. The lowest BCUT2D eigenvalue weighted by molar-refractivity contribution is -0.134. The van der Waals surface area contributed by atoms with Gasteiger partial charge in [0.2, 0.25) is 11.8 Å². The highest BCUT2D eigenvalue weighted by Crippen LogP contribution is 2.20. The zero-order valence-corrected chi connectivity index (χ0v) is 16.4. The van der Waals surface area contributed by atoms with Crippen molar-refractivity contribution < 1.29 is 18.7 Å². The van der Waals surface area contributed by atoms with E-state index in [0.717, 1.165) is 6.42 Å². The maximum Gasteiger partial charge on any atom is 0.237 e. The van der Waals surface area contributed by atoms with E-state index in [4.69, 9.17) is 4.74 Å². The molecule has 9 heteroatoms. The van der Waals surface area contributed by atoms with Crippen molar-refractivity contribution in [3.8, 4) is 5.75 Å². The van der Waals surface area contributed by atoms with Crippen molar-refractivity contribution in [1.82, 2.24) is 25.3 Å². The Morgan fingerprint density at radius 1 is 1.45 bits per heavy atom. The van der Waals surface area contributed by atoms with Gasteiger partial charge in [-0.1, -0.05) is 6.07 Å². The number of aromatic nitrogens is 2. The van der Waals surface area contributed by atoms with Gasteiger partial charge in [-0.25, -0.2) is 4.39 Å². The van der Waals surface area contributed by atoms with E-state index in [1.165, 1.54) is 13.2 Å². The van der Waals surface area contributed by atoms with Gasteiger partial charge in [0.05, 0.1) is 19.6 Å². The fourth-order valence-electron chi connectivity index (χ4n) is 3.32. The predicted octanol–water partition coefficient (Wildman–Crippen LogP) is 0.928. The summed E-state index contributed by atoms with van der Waals surface area (Å²) in [4.78, 5) is 26.5. The topological polar surface area (TPSA) is 88.5 Å². The molecule has 1 atom stereocenters. The van der Waals surface area contributed by atoms with Crippen LogP contribution in [0.5, 0.6) is 5.75 Å². The van der Waals surface area contributed by atoms with Gasteiger partial charge in [0.25, 0.3) is 0 Å². The number of nitrogens with zero attached hydrogens (tertiary/aromatic N) is 3. The lowest BCUT2D eigenvalue weighted by atomic mass is 10.1. The second-order valence-corrected chi connectivity index (χ2v) is 6.91. The average molecular weight is 403 g/mol. The van der Waals surface area contributed by atoms with Crippen LogP contribution in [-0.2, 0) is 22.7 Å². The molecule has 0 bridgehead atoms. The Labute approximate surface area is 169 Å². The van der Waals surface area contributed by atoms with Gasteiger partial charge in [-0.15, -0.1) is 0 Å². The number of hydrogen-bond donors (Lipinski definition) is 2. The van der Waals surface area contributed by atoms with E-state index in [1.54, 1.807) is 23.0 Å². The van der Waals surface area contributed by atoms with Crippen LogP contribution in [0.3, 0.4) is 0 Å². The highest BCUT2D eigenvalue weighted by Gasteiger charge is 2.32. The Morgan fingerprint density at radius 3 is 3.03 bits per heavy atom. The molecule has 0 radical (unpaired) electrons. The van der Waals surface area contributed by atoms with E-state index in [2.05, 4.69) is 15.7 Å². The Balaban J connectivity index is 1.53. The molecule has 1 saturated heterocycles. The molecule has 2 heterocycles. The molecule has 2 amide bonds. The van der Waals surface area contributed by atoms with E-state index in [9.17, 15) is 14.0 Å². The van der Waals surface area contributed by atoms with Crippen molar-refractivity contribution in [2.24, 2.45) is 0 Å². The van der Waals surface area contributed by atoms with Crippen LogP contribution in [0.4, 0.5) is 4.39 Å². The van der Waals surface area contributed by atoms with Crippen LogP contribution in [0.2, 0.25) is 0 Å². The van der Waals surface area contributed by atoms with Gasteiger partial charge in [0.15, 0.2) is 0 Å². The quantitative estimate of drug-likeness (QED) is 0.608. The first-order chi connectivity index (χ1) is 14.1. The molecule has 156 valence electrons. The number of carbonyl (C=O) groups excluding carboxylic acids is 2. The van der Waals surface area contributed by atoms with Crippen molar-refractivity contribution in [2.75, 3.05) is 26.7 Å². The summed E-state index contributed by atoms with van der Waals surface area (Å²) < 4.78 is 21.1. The van der Waals surface area contributed by atoms with Gasteiger partial charge in [-0.3, -0.25) is 19.2 Å². The van der Waals surface area contributed by atoms with Crippen molar-refractivity contribution in [1.29, 1.82) is 0 Å². The van der Waals surface area contributed by atoms with Crippen LogP contribution in [-0.4, -0.2) is 59.3 Å². The SMILES string of the molecule is COc1ccc(CN2CCNC(=O)C2CC(=O)NCCCn2cccn2)c(F)c1. The number of benzene rings is 1. The van der Waals surface area contributed by atoms with Crippen LogP contribution >= 0.6 is 0 Å². The standard InChI is InChI=1S/C20H26FN5O3/c1-29-16-5-4-15(17(21)12-16)14-25-11-8-23-20(28)18(25)13-19(27)22-6-2-9-26-10-3-7-24-26/h3-5,7,10,12,18H,2,6,8-9,11,13-14H2,1H3,(H,22,27)(H,23,28). The zero-order valence-electron chi connectivity index (χ0n) is 16.4. The summed E-state index contributed by atoms with van der Waals surface area (Å²) in [6.07, 6.45) is 4.35. The van der Waals surface area contributed by atoms with E-state index in [-0.39, 0.29) is 24.8 Å². The monoisotopic (exact) mass is 403 g/mol. The number of nitrogens with one attached hydrogen (secondary N) is 2. The van der Waals surface area contributed by atoms with E-state index >= 15 is 0 Å². The molecule has 1 aromatic heterocycles. The Morgan fingerprint density at radius 2 is 2.31 bits per heavy atom. The third-order valence-corrected chi connectivity index (χ3v) is 4.90. The van der Waals surface area contributed by atoms with E-state index in [0.29, 0.717) is 37.5 Å². The summed E-state index contributed by atoms with van der Waals surface area (Å²) >= 11 is 0. The molecule has 1 unspecified atom stereocenters. The number of amides is 2. The molecular weight excluding hydrogens is 377 g/mol. The number of carbonyl (C=O) groups is 2. The molecule has 0 spiro atoms. The van der Waals surface area contributed by atoms with Gasteiger partial charge >= 0.3 is 0 Å². The largest absolute Gasteiger partial charge is 0.497 e. The van der Waals surface area contributed by atoms with Crippen molar-refractivity contribution in [3.63, 3.8) is 0 Å². The first-order valence-electron chi connectivity index (χ1n) is 9.65. The molecule has 2 aromatic rings. The Bertz CT molecular complexity index is 828. The summed E-state index contributed by atoms with van der Waals surface area (Å²) in [6.45, 7) is 2.48. The molecule has 29 heavy (non-hydrogen) atoms. The third-order valence-electron chi connectivity index (χ3n) is 4.90. The normalized spacial score (nSPS) is 17.0.